The average Bonchev–Trinajstić information content (AvgIpc) is 3.26. The zero-order valence-electron chi connectivity index (χ0n) is 19.4. The first-order valence-electron chi connectivity index (χ1n) is 11.3. The zero-order chi connectivity index (χ0) is 22.4. The van der Waals surface area contributed by atoms with E-state index < -0.39 is 0 Å². The molecule has 4 rings (SSSR count). The number of benzene rings is 1. The van der Waals surface area contributed by atoms with Crippen LogP contribution in [0.4, 0.5) is 15.9 Å². The van der Waals surface area contributed by atoms with Gasteiger partial charge in [0.2, 0.25) is 0 Å². The summed E-state index contributed by atoms with van der Waals surface area (Å²) >= 11 is 0. The molecule has 2 aliphatic rings. The Balaban J connectivity index is 0.00000306. The number of pyridine rings is 1. The summed E-state index contributed by atoms with van der Waals surface area (Å²) in [5.41, 5.74) is 2.10. The van der Waals surface area contributed by atoms with E-state index in [0.717, 1.165) is 75.2 Å². The summed E-state index contributed by atoms with van der Waals surface area (Å²) in [5.74, 6) is 1.56. The van der Waals surface area contributed by atoms with E-state index in [2.05, 4.69) is 43.4 Å². The Labute approximate surface area is 212 Å². The largest absolute Gasteiger partial charge is 0.373 e. The molecule has 180 valence electrons. The number of anilines is 2. The quantitative estimate of drug-likeness (QED) is 0.317. The van der Waals surface area contributed by atoms with Crippen LogP contribution in [0.3, 0.4) is 0 Å². The van der Waals surface area contributed by atoms with Crippen LogP contribution in [0, 0.1) is 5.82 Å². The van der Waals surface area contributed by atoms with Crippen molar-refractivity contribution in [3.05, 3.63) is 54.0 Å². The van der Waals surface area contributed by atoms with Crippen molar-refractivity contribution >= 4 is 41.4 Å². The second kappa shape index (κ2) is 11.8. The fourth-order valence-electron chi connectivity index (χ4n) is 4.24. The third-order valence-electron chi connectivity index (χ3n) is 6.22. The predicted octanol–water partition coefficient (Wildman–Crippen LogP) is 3.40. The van der Waals surface area contributed by atoms with Gasteiger partial charge in [0, 0.05) is 64.8 Å². The van der Waals surface area contributed by atoms with Gasteiger partial charge in [-0.25, -0.2) is 9.37 Å². The van der Waals surface area contributed by atoms with E-state index >= 15 is 0 Å². The van der Waals surface area contributed by atoms with E-state index in [1.165, 1.54) is 12.1 Å². The van der Waals surface area contributed by atoms with Crippen LogP contribution in [-0.2, 0) is 11.3 Å². The Morgan fingerprint density at radius 3 is 2.52 bits per heavy atom. The molecule has 0 spiro atoms. The number of nitrogens with zero attached hydrogens (tertiary/aromatic N) is 4. The molecule has 1 aromatic heterocycles. The van der Waals surface area contributed by atoms with Crippen LogP contribution in [0.1, 0.15) is 25.3 Å². The summed E-state index contributed by atoms with van der Waals surface area (Å²) in [6, 6.07) is 10.9. The predicted molar refractivity (Wildman–Crippen MR) is 142 cm³/mol. The average molecular weight is 568 g/mol. The Bertz CT molecular complexity index is 911. The van der Waals surface area contributed by atoms with Crippen molar-refractivity contribution in [3.63, 3.8) is 0 Å². The summed E-state index contributed by atoms with van der Waals surface area (Å²) in [4.78, 5) is 13.5. The molecular formula is C24H34FIN6O. The van der Waals surface area contributed by atoms with Gasteiger partial charge in [-0.05, 0) is 61.7 Å². The number of piperazine rings is 1. The highest BCUT2D eigenvalue weighted by Crippen LogP contribution is 2.24. The van der Waals surface area contributed by atoms with Crippen LogP contribution in [0.2, 0.25) is 0 Å². The Kier molecular flexibility index (Phi) is 9.13. The van der Waals surface area contributed by atoms with Crippen molar-refractivity contribution in [2.24, 2.45) is 4.99 Å². The van der Waals surface area contributed by atoms with E-state index in [-0.39, 0.29) is 35.4 Å². The molecule has 3 heterocycles. The number of aromatic nitrogens is 1. The van der Waals surface area contributed by atoms with E-state index in [4.69, 9.17) is 4.74 Å². The van der Waals surface area contributed by atoms with Crippen LogP contribution in [0.15, 0.2) is 47.6 Å². The van der Waals surface area contributed by atoms with Gasteiger partial charge in [0.05, 0.1) is 5.60 Å². The minimum atomic E-state index is -0.199. The van der Waals surface area contributed by atoms with Gasteiger partial charge >= 0.3 is 0 Å². The van der Waals surface area contributed by atoms with Crippen molar-refractivity contribution in [2.75, 3.05) is 56.2 Å². The Morgan fingerprint density at radius 1 is 1.12 bits per heavy atom. The van der Waals surface area contributed by atoms with Crippen molar-refractivity contribution in [3.8, 4) is 0 Å². The first-order valence-corrected chi connectivity index (χ1v) is 11.3. The van der Waals surface area contributed by atoms with Crippen LogP contribution in [0.25, 0.3) is 0 Å². The molecule has 2 fully saturated rings. The maximum absolute atomic E-state index is 13.2. The normalized spacial score (nSPS) is 21.0. The van der Waals surface area contributed by atoms with Crippen molar-refractivity contribution in [2.45, 2.75) is 31.9 Å². The zero-order valence-corrected chi connectivity index (χ0v) is 21.7. The molecule has 2 N–H and O–H groups in total. The lowest BCUT2D eigenvalue weighted by Gasteiger charge is -2.36. The van der Waals surface area contributed by atoms with Gasteiger partial charge in [0.1, 0.15) is 11.6 Å². The maximum atomic E-state index is 13.2. The number of rotatable bonds is 6. The molecule has 2 aromatic rings. The SMILES string of the molecule is CN=C(NCc1ccnc(N2CCN(c3ccc(F)cc3)CC2)c1)NCC1(C)CCCO1.I. The first kappa shape index (κ1) is 25.5. The maximum Gasteiger partial charge on any atom is 0.191 e. The molecule has 0 aliphatic carbocycles. The summed E-state index contributed by atoms with van der Waals surface area (Å²) < 4.78 is 19.0. The highest BCUT2D eigenvalue weighted by Gasteiger charge is 2.29. The van der Waals surface area contributed by atoms with E-state index in [1.54, 1.807) is 7.05 Å². The fourth-order valence-corrected chi connectivity index (χ4v) is 4.24. The molecule has 9 heteroatoms. The summed E-state index contributed by atoms with van der Waals surface area (Å²) in [6.45, 7) is 7.91. The Hall–Kier alpha value is -2.14. The number of nitrogens with one attached hydrogen (secondary N) is 2. The van der Waals surface area contributed by atoms with Crippen LogP contribution in [0.5, 0.6) is 0 Å². The van der Waals surface area contributed by atoms with Crippen molar-refractivity contribution in [1.29, 1.82) is 0 Å². The highest BCUT2D eigenvalue weighted by atomic mass is 127. The van der Waals surface area contributed by atoms with E-state index in [9.17, 15) is 4.39 Å². The third kappa shape index (κ3) is 6.92. The van der Waals surface area contributed by atoms with Gasteiger partial charge in [0.25, 0.3) is 0 Å². The number of halogens is 2. The second-order valence-corrected chi connectivity index (χ2v) is 8.65. The van der Waals surface area contributed by atoms with Crippen LogP contribution >= 0.6 is 24.0 Å². The highest BCUT2D eigenvalue weighted by molar-refractivity contribution is 14.0. The van der Waals surface area contributed by atoms with E-state index in [0.29, 0.717) is 6.54 Å². The lowest BCUT2D eigenvalue weighted by atomic mass is 10.0. The fraction of sp³-hybridized carbons (Fsp3) is 0.500. The minimum Gasteiger partial charge on any atom is -0.373 e. The summed E-state index contributed by atoms with van der Waals surface area (Å²) in [7, 11) is 1.78. The molecule has 0 saturated carbocycles. The van der Waals surface area contributed by atoms with Gasteiger partial charge in [-0.2, -0.15) is 0 Å². The van der Waals surface area contributed by atoms with Crippen molar-refractivity contribution < 1.29 is 9.13 Å². The molecule has 1 unspecified atom stereocenters. The molecule has 2 saturated heterocycles. The van der Waals surface area contributed by atoms with Gasteiger partial charge in [0.15, 0.2) is 5.96 Å². The Morgan fingerprint density at radius 2 is 1.85 bits per heavy atom. The van der Waals surface area contributed by atoms with Crippen LogP contribution < -0.4 is 20.4 Å². The monoisotopic (exact) mass is 568 g/mol. The standard InChI is InChI=1S/C24H33FN6O.HI/c1-24(9-3-15-32-24)18-29-23(26-2)28-17-19-8-10-27-22(16-19)31-13-11-30(12-14-31)21-6-4-20(25)5-7-21;/h4-8,10,16H,3,9,11-15,17-18H2,1-2H3,(H2,26,28,29);1H. The molecule has 1 aromatic carbocycles. The van der Waals surface area contributed by atoms with Gasteiger partial charge in [-0.15, -0.1) is 24.0 Å². The van der Waals surface area contributed by atoms with Crippen molar-refractivity contribution in [1.82, 2.24) is 15.6 Å². The summed E-state index contributed by atoms with van der Waals surface area (Å²) in [6.07, 6.45) is 4.05. The topological polar surface area (TPSA) is 65.0 Å². The molecule has 0 bridgehead atoms. The molecule has 7 nitrogen and oxygen atoms in total. The first-order chi connectivity index (χ1) is 15.5. The summed E-state index contributed by atoms with van der Waals surface area (Å²) in [5, 5.41) is 6.77. The molecule has 0 amide bonds. The lowest BCUT2D eigenvalue weighted by Crippen LogP contribution is -2.47. The number of guanidine groups is 1. The number of ether oxygens (including phenoxy) is 1. The lowest BCUT2D eigenvalue weighted by molar-refractivity contribution is 0.0243. The molecule has 2 aliphatic heterocycles. The molecule has 1 atom stereocenters. The smallest absolute Gasteiger partial charge is 0.191 e. The number of aliphatic imine (C=N–C) groups is 1. The second-order valence-electron chi connectivity index (χ2n) is 8.65. The van der Waals surface area contributed by atoms with E-state index in [1.807, 2.05) is 24.4 Å². The number of hydrogen-bond donors (Lipinski definition) is 2. The minimum absolute atomic E-state index is 0. The van der Waals surface area contributed by atoms with Crippen LogP contribution in [-0.4, -0.2) is 62.9 Å². The van der Waals surface area contributed by atoms with Gasteiger partial charge in [-0.1, -0.05) is 0 Å². The van der Waals surface area contributed by atoms with Gasteiger partial charge < -0.3 is 25.2 Å². The molecule has 0 radical (unpaired) electrons. The van der Waals surface area contributed by atoms with Gasteiger partial charge in [-0.3, -0.25) is 4.99 Å². The molecule has 33 heavy (non-hydrogen) atoms. The third-order valence-corrected chi connectivity index (χ3v) is 6.22. The number of hydrogen-bond acceptors (Lipinski definition) is 5. The molecular weight excluding hydrogens is 534 g/mol.